The van der Waals surface area contributed by atoms with Crippen LogP contribution in [0.3, 0.4) is 0 Å². The van der Waals surface area contributed by atoms with E-state index in [1.54, 1.807) is 11.1 Å². The normalized spacial score (nSPS) is 25.4. The van der Waals surface area contributed by atoms with Crippen LogP contribution in [0.2, 0.25) is 0 Å². The highest BCUT2D eigenvalue weighted by atomic mass is 19.1. The molecule has 4 heteroatoms. The fourth-order valence-electron chi connectivity index (χ4n) is 2.16. The van der Waals surface area contributed by atoms with Gasteiger partial charge in [-0.25, -0.2) is 9.40 Å². The van der Waals surface area contributed by atoms with Crippen molar-refractivity contribution in [3.63, 3.8) is 0 Å². The van der Waals surface area contributed by atoms with Gasteiger partial charge in [-0.05, 0) is 5.56 Å². The molecule has 1 aromatic rings. The predicted octanol–water partition coefficient (Wildman–Crippen LogP) is 2.97. The number of amidine groups is 1. The lowest BCUT2D eigenvalue weighted by molar-refractivity contribution is 0.346. The van der Waals surface area contributed by atoms with E-state index in [9.17, 15) is 4.39 Å². The number of hydrogen-bond donors (Lipinski definition) is 0. The van der Waals surface area contributed by atoms with Crippen molar-refractivity contribution in [1.29, 1.82) is 0 Å². The minimum atomic E-state index is -1.10. The number of nitrogens with zero attached hydrogens (tertiary/aromatic N) is 3. The van der Waals surface area contributed by atoms with Gasteiger partial charge in [-0.2, -0.15) is 5.10 Å². The molecule has 2 unspecified atom stereocenters. The maximum absolute atomic E-state index is 14.0. The van der Waals surface area contributed by atoms with Gasteiger partial charge in [0.2, 0.25) is 0 Å². The van der Waals surface area contributed by atoms with Gasteiger partial charge in [-0.1, -0.05) is 36.4 Å². The predicted molar refractivity (Wildman–Crippen MR) is 72.6 cm³/mol. The van der Waals surface area contributed by atoms with Gasteiger partial charge in [0, 0.05) is 13.1 Å². The number of rotatable bonds is 4. The third kappa shape index (κ3) is 2.32. The number of hydrogen-bond acceptors (Lipinski definition) is 2. The summed E-state index contributed by atoms with van der Waals surface area (Å²) >= 11 is 0. The molecule has 0 N–H and O–H groups in total. The Labute approximate surface area is 106 Å². The number of hydrazone groups is 1. The molecule has 2 rings (SSSR count). The van der Waals surface area contributed by atoms with E-state index in [2.05, 4.69) is 23.4 Å². The van der Waals surface area contributed by atoms with Crippen molar-refractivity contribution in [1.82, 2.24) is 5.01 Å². The average Bonchev–Trinajstić information content (AvgIpc) is 2.73. The van der Waals surface area contributed by atoms with E-state index in [0.717, 1.165) is 5.56 Å². The standard InChI is InChI=1S/C14H16FN3/c1-3-9-17-14-12(15)10-13(18(14)16-2)11-7-5-4-6-8-11/h3-8,12-13H,1-2,9-10H2. The van der Waals surface area contributed by atoms with Crippen molar-refractivity contribution < 1.29 is 4.39 Å². The second-order valence-electron chi connectivity index (χ2n) is 4.10. The van der Waals surface area contributed by atoms with Gasteiger partial charge >= 0.3 is 0 Å². The number of aliphatic imine (C=N–C) groups is 1. The van der Waals surface area contributed by atoms with E-state index in [1.807, 2.05) is 30.3 Å². The molecule has 0 bridgehead atoms. The molecular formula is C14H16FN3. The molecule has 1 heterocycles. The first-order chi connectivity index (χ1) is 8.77. The van der Waals surface area contributed by atoms with Crippen LogP contribution in [0.1, 0.15) is 18.0 Å². The van der Waals surface area contributed by atoms with Gasteiger partial charge in [-0.15, -0.1) is 6.58 Å². The van der Waals surface area contributed by atoms with Crippen molar-refractivity contribution in [2.45, 2.75) is 18.6 Å². The molecule has 0 aromatic heterocycles. The summed E-state index contributed by atoms with van der Waals surface area (Å²) in [6.07, 6.45) is 0.899. The van der Waals surface area contributed by atoms with Crippen LogP contribution in [-0.4, -0.2) is 30.3 Å². The van der Waals surface area contributed by atoms with Crippen LogP contribution >= 0.6 is 0 Å². The zero-order valence-corrected chi connectivity index (χ0v) is 10.2. The number of halogens is 1. The number of benzene rings is 1. The summed E-state index contributed by atoms with van der Waals surface area (Å²) in [5.41, 5.74) is 1.02. The Hall–Kier alpha value is -1.97. The van der Waals surface area contributed by atoms with Gasteiger partial charge in [0.1, 0.15) is 0 Å². The van der Waals surface area contributed by atoms with Crippen LogP contribution in [-0.2, 0) is 0 Å². The fourth-order valence-corrected chi connectivity index (χ4v) is 2.16. The van der Waals surface area contributed by atoms with Crippen molar-refractivity contribution in [2.24, 2.45) is 10.1 Å². The van der Waals surface area contributed by atoms with E-state index in [-0.39, 0.29) is 6.04 Å². The van der Waals surface area contributed by atoms with Gasteiger partial charge in [0.15, 0.2) is 12.0 Å². The molecule has 1 saturated heterocycles. The lowest BCUT2D eigenvalue weighted by atomic mass is 10.1. The maximum Gasteiger partial charge on any atom is 0.161 e. The third-order valence-electron chi connectivity index (χ3n) is 2.96. The Morgan fingerprint density at radius 1 is 1.39 bits per heavy atom. The largest absolute Gasteiger partial charge is 0.264 e. The van der Waals surface area contributed by atoms with Crippen LogP contribution in [0.5, 0.6) is 0 Å². The van der Waals surface area contributed by atoms with Crippen LogP contribution in [0.15, 0.2) is 53.1 Å². The molecule has 0 saturated carbocycles. The molecular weight excluding hydrogens is 229 g/mol. The summed E-state index contributed by atoms with van der Waals surface area (Å²) in [7, 11) is 0. The van der Waals surface area contributed by atoms with E-state index in [1.165, 1.54) is 0 Å². The average molecular weight is 245 g/mol. The first-order valence-corrected chi connectivity index (χ1v) is 5.88. The van der Waals surface area contributed by atoms with E-state index >= 15 is 0 Å². The van der Waals surface area contributed by atoms with Gasteiger partial charge in [-0.3, -0.25) is 4.99 Å². The summed E-state index contributed by atoms with van der Waals surface area (Å²) in [5.74, 6) is 0.346. The van der Waals surface area contributed by atoms with Crippen LogP contribution in [0, 0.1) is 0 Å². The highest BCUT2D eigenvalue weighted by molar-refractivity contribution is 5.89. The summed E-state index contributed by atoms with van der Waals surface area (Å²) < 4.78 is 14.0. The molecule has 0 aliphatic carbocycles. The molecule has 0 radical (unpaired) electrons. The fraction of sp³-hybridized carbons (Fsp3) is 0.286. The van der Waals surface area contributed by atoms with Crippen LogP contribution in [0.4, 0.5) is 4.39 Å². The quantitative estimate of drug-likeness (QED) is 0.592. The first-order valence-electron chi connectivity index (χ1n) is 5.88. The Balaban J connectivity index is 2.29. The molecule has 3 nitrogen and oxygen atoms in total. The van der Waals surface area contributed by atoms with E-state index < -0.39 is 6.17 Å². The molecule has 94 valence electrons. The van der Waals surface area contributed by atoms with E-state index in [0.29, 0.717) is 18.8 Å². The highest BCUT2D eigenvalue weighted by Gasteiger charge is 2.38. The van der Waals surface area contributed by atoms with Crippen LogP contribution < -0.4 is 0 Å². The second kappa shape index (κ2) is 5.58. The van der Waals surface area contributed by atoms with Crippen molar-refractivity contribution in [3.8, 4) is 0 Å². The number of alkyl halides is 1. The highest BCUT2D eigenvalue weighted by Crippen LogP contribution is 2.35. The van der Waals surface area contributed by atoms with Gasteiger partial charge in [0.25, 0.3) is 0 Å². The molecule has 1 aliphatic heterocycles. The minimum Gasteiger partial charge on any atom is -0.264 e. The molecule has 1 fully saturated rings. The Morgan fingerprint density at radius 3 is 2.72 bits per heavy atom. The van der Waals surface area contributed by atoms with Crippen LogP contribution in [0.25, 0.3) is 0 Å². The lowest BCUT2D eigenvalue weighted by Gasteiger charge is -2.20. The third-order valence-corrected chi connectivity index (χ3v) is 2.96. The first kappa shape index (κ1) is 12.5. The second-order valence-corrected chi connectivity index (χ2v) is 4.10. The van der Waals surface area contributed by atoms with Gasteiger partial charge < -0.3 is 0 Å². The topological polar surface area (TPSA) is 28.0 Å². The summed E-state index contributed by atoms with van der Waals surface area (Å²) in [4.78, 5) is 4.17. The molecule has 1 aliphatic rings. The molecule has 0 amide bonds. The lowest BCUT2D eigenvalue weighted by Crippen LogP contribution is -2.25. The molecule has 0 spiro atoms. The summed E-state index contributed by atoms with van der Waals surface area (Å²) in [6, 6.07) is 9.61. The summed E-state index contributed by atoms with van der Waals surface area (Å²) in [6.45, 7) is 7.49. The zero-order valence-electron chi connectivity index (χ0n) is 10.2. The molecule has 2 atom stereocenters. The van der Waals surface area contributed by atoms with Crippen molar-refractivity contribution in [2.75, 3.05) is 6.54 Å². The maximum atomic E-state index is 14.0. The smallest absolute Gasteiger partial charge is 0.161 e. The summed E-state index contributed by atoms with van der Waals surface area (Å²) in [5, 5.41) is 5.48. The monoisotopic (exact) mass is 245 g/mol. The van der Waals surface area contributed by atoms with E-state index in [4.69, 9.17) is 0 Å². The Morgan fingerprint density at radius 2 is 2.11 bits per heavy atom. The minimum absolute atomic E-state index is 0.123. The zero-order chi connectivity index (χ0) is 13.0. The van der Waals surface area contributed by atoms with Crippen molar-refractivity contribution >= 4 is 12.6 Å². The molecule has 18 heavy (non-hydrogen) atoms. The SMILES string of the molecule is C=CCN=C1C(F)CC(c2ccccc2)N1N=C. The van der Waals surface area contributed by atoms with Crippen molar-refractivity contribution in [3.05, 3.63) is 48.6 Å². The molecule has 1 aromatic carbocycles. The van der Waals surface area contributed by atoms with Gasteiger partial charge in [0.05, 0.1) is 12.6 Å². The Kier molecular flexibility index (Phi) is 3.87. The Bertz CT molecular complexity index is 455.